The molecule has 2 aliphatic carbocycles. The molecule has 3 fully saturated rings. The zero-order valence-corrected chi connectivity index (χ0v) is 13.1. The van der Waals surface area contributed by atoms with Crippen molar-refractivity contribution in [3.8, 4) is 0 Å². The molecule has 6 nitrogen and oxygen atoms in total. The predicted molar refractivity (Wildman–Crippen MR) is 75.9 cm³/mol. The van der Waals surface area contributed by atoms with Crippen LogP contribution in [0.4, 0.5) is 0 Å². The number of nitrogens with zero attached hydrogens (tertiary/aromatic N) is 1. The molecule has 1 saturated heterocycles. The minimum atomic E-state index is -3.49. The SMILES string of the molecule is COC(=O)C1CCCC1S(=O)(=O)N1CC2CCC(O)C2C1. The average molecular weight is 317 g/mol. The van der Waals surface area contributed by atoms with E-state index in [1.165, 1.54) is 11.4 Å². The lowest BCUT2D eigenvalue weighted by Crippen LogP contribution is -2.42. The summed E-state index contributed by atoms with van der Waals surface area (Å²) in [5.74, 6) is -0.614. The highest BCUT2D eigenvalue weighted by Crippen LogP contribution is 2.42. The molecule has 2 saturated carbocycles. The lowest BCUT2D eigenvalue weighted by Gasteiger charge is -2.25. The number of hydrogen-bond donors (Lipinski definition) is 1. The molecule has 1 heterocycles. The summed E-state index contributed by atoms with van der Waals surface area (Å²) in [4.78, 5) is 11.8. The Morgan fingerprint density at radius 2 is 1.95 bits per heavy atom. The third kappa shape index (κ3) is 2.49. The van der Waals surface area contributed by atoms with Crippen LogP contribution in [0, 0.1) is 17.8 Å². The van der Waals surface area contributed by atoms with Crippen molar-refractivity contribution in [3.05, 3.63) is 0 Å². The van der Waals surface area contributed by atoms with Crippen LogP contribution in [0.2, 0.25) is 0 Å². The molecule has 1 N–H and O–H groups in total. The summed E-state index contributed by atoms with van der Waals surface area (Å²) in [5.41, 5.74) is 0. The van der Waals surface area contributed by atoms with Gasteiger partial charge in [-0.05, 0) is 31.6 Å². The molecule has 120 valence electrons. The number of methoxy groups -OCH3 is 1. The van der Waals surface area contributed by atoms with E-state index in [9.17, 15) is 18.3 Å². The van der Waals surface area contributed by atoms with Crippen LogP contribution in [-0.4, -0.2) is 55.4 Å². The van der Waals surface area contributed by atoms with Crippen molar-refractivity contribution < 1.29 is 23.1 Å². The molecular formula is C14H23NO5S. The van der Waals surface area contributed by atoms with Crippen LogP contribution in [0.5, 0.6) is 0 Å². The van der Waals surface area contributed by atoms with E-state index in [4.69, 9.17) is 4.74 Å². The van der Waals surface area contributed by atoms with Crippen molar-refractivity contribution in [2.75, 3.05) is 20.2 Å². The second-order valence-corrected chi connectivity index (χ2v) is 8.68. The number of esters is 1. The van der Waals surface area contributed by atoms with Crippen molar-refractivity contribution in [2.45, 2.75) is 43.5 Å². The number of ether oxygens (including phenoxy) is 1. The van der Waals surface area contributed by atoms with Gasteiger partial charge in [0.2, 0.25) is 10.0 Å². The fourth-order valence-corrected chi connectivity index (χ4v) is 6.59. The predicted octanol–water partition coefficient (Wildman–Crippen LogP) is 0.361. The first kappa shape index (κ1) is 15.2. The van der Waals surface area contributed by atoms with Crippen LogP contribution in [0.3, 0.4) is 0 Å². The van der Waals surface area contributed by atoms with Crippen LogP contribution in [-0.2, 0) is 19.6 Å². The summed E-state index contributed by atoms with van der Waals surface area (Å²) < 4.78 is 31.9. The van der Waals surface area contributed by atoms with Gasteiger partial charge in [-0.1, -0.05) is 6.42 Å². The smallest absolute Gasteiger partial charge is 0.310 e. The number of fused-ring (bicyclic) bond motifs is 1. The van der Waals surface area contributed by atoms with E-state index < -0.39 is 27.2 Å². The molecule has 21 heavy (non-hydrogen) atoms. The Balaban J connectivity index is 1.77. The Morgan fingerprint density at radius 3 is 2.62 bits per heavy atom. The van der Waals surface area contributed by atoms with E-state index in [-0.39, 0.29) is 17.9 Å². The standard InChI is InChI=1S/C14H23NO5S/c1-20-14(17)10-3-2-4-13(10)21(18,19)15-7-9-5-6-12(16)11(9)8-15/h9-13,16H,2-8H2,1H3. The Bertz CT molecular complexity index is 519. The normalized spacial score (nSPS) is 40.4. The first-order valence-corrected chi connectivity index (χ1v) is 9.20. The second-order valence-electron chi connectivity index (χ2n) is 6.53. The van der Waals surface area contributed by atoms with Gasteiger partial charge in [-0.2, -0.15) is 0 Å². The highest BCUT2D eigenvalue weighted by Gasteiger charge is 2.50. The Labute approximate surface area is 125 Å². The van der Waals surface area contributed by atoms with Crippen molar-refractivity contribution in [1.29, 1.82) is 0 Å². The minimum absolute atomic E-state index is 0.0674. The van der Waals surface area contributed by atoms with Crippen molar-refractivity contribution in [3.63, 3.8) is 0 Å². The van der Waals surface area contributed by atoms with E-state index in [0.717, 1.165) is 19.3 Å². The number of carbonyl (C=O) groups excluding carboxylic acids is 1. The molecule has 5 unspecified atom stereocenters. The third-order valence-corrected chi connectivity index (χ3v) is 7.83. The van der Waals surface area contributed by atoms with Gasteiger partial charge in [-0.15, -0.1) is 0 Å². The molecule has 0 aromatic heterocycles. The lowest BCUT2D eigenvalue weighted by atomic mass is 10.00. The summed E-state index contributed by atoms with van der Waals surface area (Å²) in [6, 6.07) is 0. The average Bonchev–Trinajstić information content (AvgIpc) is 3.14. The molecule has 0 bridgehead atoms. The van der Waals surface area contributed by atoms with Gasteiger partial charge in [0.1, 0.15) is 0 Å². The molecule has 1 aliphatic heterocycles. The molecule has 5 atom stereocenters. The van der Waals surface area contributed by atoms with Gasteiger partial charge < -0.3 is 9.84 Å². The van der Waals surface area contributed by atoms with Gasteiger partial charge >= 0.3 is 5.97 Å². The van der Waals surface area contributed by atoms with E-state index >= 15 is 0 Å². The van der Waals surface area contributed by atoms with Gasteiger partial charge in [-0.3, -0.25) is 4.79 Å². The zero-order chi connectivity index (χ0) is 15.2. The van der Waals surface area contributed by atoms with Crippen molar-refractivity contribution >= 4 is 16.0 Å². The highest BCUT2D eigenvalue weighted by molar-refractivity contribution is 7.89. The number of aliphatic hydroxyl groups excluding tert-OH is 1. The van der Waals surface area contributed by atoms with Gasteiger partial charge in [0.15, 0.2) is 0 Å². The van der Waals surface area contributed by atoms with E-state index in [2.05, 4.69) is 0 Å². The number of rotatable bonds is 3. The number of sulfonamides is 1. The summed E-state index contributed by atoms with van der Waals surface area (Å²) in [6.45, 7) is 0.896. The molecular weight excluding hydrogens is 294 g/mol. The fraction of sp³-hybridized carbons (Fsp3) is 0.929. The van der Waals surface area contributed by atoms with Crippen LogP contribution in [0.25, 0.3) is 0 Å². The Morgan fingerprint density at radius 1 is 1.19 bits per heavy atom. The molecule has 0 radical (unpaired) electrons. The maximum Gasteiger partial charge on any atom is 0.310 e. The summed E-state index contributed by atoms with van der Waals surface area (Å²) >= 11 is 0. The second kappa shape index (κ2) is 5.52. The summed E-state index contributed by atoms with van der Waals surface area (Å²) in [6.07, 6.45) is 3.14. The van der Waals surface area contributed by atoms with Crippen molar-refractivity contribution in [2.24, 2.45) is 17.8 Å². The van der Waals surface area contributed by atoms with Crippen LogP contribution in [0.15, 0.2) is 0 Å². The van der Waals surface area contributed by atoms with Gasteiger partial charge in [0.25, 0.3) is 0 Å². The first-order chi connectivity index (χ1) is 9.95. The highest BCUT2D eigenvalue weighted by atomic mass is 32.2. The molecule has 0 aromatic rings. The number of aliphatic hydroxyl groups is 1. The molecule has 0 aromatic carbocycles. The monoisotopic (exact) mass is 317 g/mol. The molecule has 3 aliphatic rings. The van der Waals surface area contributed by atoms with Crippen LogP contribution < -0.4 is 0 Å². The summed E-state index contributed by atoms with van der Waals surface area (Å²) in [5, 5.41) is 9.28. The minimum Gasteiger partial charge on any atom is -0.469 e. The molecule has 0 amide bonds. The quantitative estimate of drug-likeness (QED) is 0.760. The third-order valence-electron chi connectivity index (χ3n) is 5.48. The topological polar surface area (TPSA) is 83.9 Å². The zero-order valence-electron chi connectivity index (χ0n) is 12.3. The fourth-order valence-electron chi connectivity index (χ4n) is 4.30. The molecule has 3 rings (SSSR count). The van der Waals surface area contributed by atoms with Gasteiger partial charge in [0, 0.05) is 19.0 Å². The first-order valence-electron chi connectivity index (χ1n) is 7.70. The lowest BCUT2D eigenvalue weighted by molar-refractivity contribution is -0.145. The number of hydrogen-bond acceptors (Lipinski definition) is 5. The maximum absolute atomic E-state index is 12.8. The van der Waals surface area contributed by atoms with E-state index in [1.807, 2.05) is 0 Å². The Kier molecular flexibility index (Phi) is 4.00. The van der Waals surface area contributed by atoms with Crippen LogP contribution in [0.1, 0.15) is 32.1 Å². The largest absolute Gasteiger partial charge is 0.469 e. The van der Waals surface area contributed by atoms with E-state index in [1.54, 1.807) is 0 Å². The molecule has 7 heteroatoms. The van der Waals surface area contributed by atoms with Gasteiger partial charge in [0.05, 0.1) is 24.4 Å². The van der Waals surface area contributed by atoms with Gasteiger partial charge in [-0.25, -0.2) is 12.7 Å². The maximum atomic E-state index is 12.8. The Hall–Kier alpha value is -0.660. The van der Waals surface area contributed by atoms with Crippen LogP contribution >= 0.6 is 0 Å². The van der Waals surface area contributed by atoms with E-state index in [0.29, 0.717) is 25.9 Å². The molecule has 0 spiro atoms. The number of carbonyl (C=O) groups is 1. The summed E-state index contributed by atoms with van der Waals surface area (Å²) in [7, 11) is -2.18. The van der Waals surface area contributed by atoms with Crippen molar-refractivity contribution in [1.82, 2.24) is 4.31 Å².